The molecule has 0 unspecified atom stereocenters. The molecule has 1 heterocycles. The van der Waals surface area contributed by atoms with Gasteiger partial charge in [0.25, 0.3) is 0 Å². The zero-order valence-electron chi connectivity index (χ0n) is 10.5. The van der Waals surface area contributed by atoms with Crippen LogP contribution in [0.2, 0.25) is 5.02 Å². The van der Waals surface area contributed by atoms with Gasteiger partial charge in [0, 0.05) is 11.1 Å². The van der Waals surface area contributed by atoms with Crippen molar-refractivity contribution >= 4 is 34.3 Å². The van der Waals surface area contributed by atoms with Crippen LogP contribution in [0.5, 0.6) is 0 Å². The molecule has 0 fully saturated rings. The second kappa shape index (κ2) is 5.73. The van der Waals surface area contributed by atoms with Crippen molar-refractivity contribution in [3.05, 3.63) is 75.6 Å². The summed E-state index contributed by atoms with van der Waals surface area (Å²) in [4.78, 5) is 12.5. The molecule has 4 heteroatoms. The molecule has 2 aromatic carbocycles. The number of fused-ring (bicyclic) bond motifs is 1. The van der Waals surface area contributed by atoms with Crippen LogP contribution in [-0.4, -0.2) is 0 Å². The molecule has 0 bridgehead atoms. The molecular weight excluding hydrogens is 292 g/mol. The van der Waals surface area contributed by atoms with E-state index in [1.54, 1.807) is 6.07 Å². The van der Waals surface area contributed by atoms with E-state index in [4.69, 9.17) is 16.0 Å². The van der Waals surface area contributed by atoms with Crippen molar-refractivity contribution in [3.8, 4) is 0 Å². The minimum absolute atomic E-state index is 0.380. The zero-order valence-corrected chi connectivity index (χ0v) is 12.1. The van der Waals surface area contributed by atoms with Crippen molar-refractivity contribution in [1.29, 1.82) is 0 Å². The van der Waals surface area contributed by atoms with Crippen LogP contribution < -0.4 is 5.63 Å². The van der Waals surface area contributed by atoms with E-state index in [1.165, 1.54) is 11.8 Å². The Balaban J connectivity index is 1.97. The smallest absolute Gasteiger partial charge is 0.351 e. The number of para-hydroxylation sites is 1. The number of halogens is 1. The summed E-state index contributed by atoms with van der Waals surface area (Å²) in [5, 5.41) is 1.24. The Kier molecular flexibility index (Phi) is 3.81. The van der Waals surface area contributed by atoms with E-state index in [-0.39, 0.29) is 5.63 Å². The standard InChI is InChI=1S/C16H11ClO2S/c17-14-12-8-4-5-9-13(12)19-16(18)15(14)20-10-11-6-2-1-3-7-11/h1-9H,10H2. The molecule has 3 rings (SSSR count). The lowest BCUT2D eigenvalue weighted by atomic mass is 10.2. The van der Waals surface area contributed by atoms with E-state index < -0.39 is 0 Å². The fraction of sp³-hybridized carbons (Fsp3) is 0.0625. The van der Waals surface area contributed by atoms with E-state index >= 15 is 0 Å². The molecular formula is C16H11ClO2S. The molecule has 3 aromatic rings. The molecule has 0 aliphatic rings. The van der Waals surface area contributed by atoms with Gasteiger partial charge in [0.05, 0.1) is 5.02 Å². The number of hydrogen-bond donors (Lipinski definition) is 0. The highest BCUT2D eigenvalue weighted by Crippen LogP contribution is 2.32. The summed E-state index contributed by atoms with van der Waals surface area (Å²) >= 11 is 7.74. The number of hydrogen-bond acceptors (Lipinski definition) is 3. The van der Waals surface area contributed by atoms with Crippen molar-refractivity contribution in [2.24, 2.45) is 0 Å². The maximum absolute atomic E-state index is 12.0. The second-order valence-electron chi connectivity index (χ2n) is 4.30. The molecule has 100 valence electrons. The van der Waals surface area contributed by atoms with Crippen LogP contribution in [0.1, 0.15) is 5.56 Å². The predicted molar refractivity (Wildman–Crippen MR) is 83.5 cm³/mol. The first-order valence-electron chi connectivity index (χ1n) is 6.14. The largest absolute Gasteiger partial charge is 0.422 e. The lowest BCUT2D eigenvalue weighted by Gasteiger charge is -2.05. The van der Waals surface area contributed by atoms with Gasteiger partial charge in [0.1, 0.15) is 10.5 Å². The molecule has 2 nitrogen and oxygen atoms in total. The highest BCUT2D eigenvalue weighted by molar-refractivity contribution is 7.98. The first kappa shape index (κ1) is 13.3. The lowest BCUT2D eigenvalue weighted by molar-refractivity contribution is 0.544. The maximum Gasteiger partial charge on any atom is 0.351 e. The predicted octanol–water partition coefficient (Wildman–Crippen LogP) is 4.74. The Bertz CT molecular complexity index is 796. The lowest BCUT2D eigenvalue weighted by Crippen LogP contribution is -2.03. The second-order valence-corrected chi connectivity index (χ2v) is 5.67. The highest BCUT2D eigenvalue weighted by Gasteiger charge is 2.13. The van der Waals surface area contributed by atoms with Gasteiger partial charge in [-0.3, -0.25) is 0 Å². The molecule has 0 saturated heterocycles. The summed E-state index contributed by atoms with van der Waals surface area (Å²) in [5.41, 5.74) is 1.28. The zero-order chi connectivity index (χ0) is 13.9. The number of rotatable bonds is 3. The van der Waals surface area contributed by atoms with E-state index in [0.717, 1.165) is 10.9 Å². The van der Waals surface area contributed by atoms with Crippen molar-refractivity contribution < 1.29 is 4.42 Å². The molecule has 0 aliphatic carbocycles. The first-order valence-corrected chi connectivity index (χ1v) is 7.50. The highest BCUT2D eigenvalue weighted by atomic mass is 35.5. The van der Waals surface area contributed by atoms with Crippen LogP contribution in [0.3, 0.4) is 0 Å². The van der Waals surface area contributed by atoms with Gasteiger partial charge in [-0.2, -0.15) is 0 Å². The van der Waals surface area contributed by atoms with E-state index in [9.17, 15) is 4.79 Å². The van der Waals surface area contributed by atoms with Crippen molar-refractivity contribution in [2.75, 3.05) is 0 Å². The van der Waals surface area contributed by atoms with Crippen LogP contribution >= 0.6 is 23.4 Å². The Labute approximate surface area is 125 Å². The van der Waals surface area contributed by atoms with E-state index in [1.807, 2.05) is 48.5 Å². The van der Waals surface area contributed by atoms with Crippen LogP contribution in [-0.2, 0) is 5.75 Å². The SMILES string of the molecule is O=c1oc2ccccc2c(Cl)c1SCc1ccccc1. The summed E-state index contributed by atoms with van der Waals surface area (Å²) in [5.74, 6) is 0.684. The van der Waals surface area contributed by atoms with Gasteiger partial charge in [-0.05, 0) is 17.7 Å². The Morgan fingerprint density at radius 1 is 1.00 bits per heavy atom. The van der Waals surface area contributed by atoms with Crippen molar-refractivity contribution in [1.82, 2.24) is 0 Å². The number of benzene rings is 2. The van der Waals surface area contributed by atoms with Gasteiger partial charge < -0.3 is 4.42 Å². The summed E-state index contributed by atoms with van der Waals surface area (Å²) in [7, 11) is 0. The van der Waals surface area contributed by atoms with Crippen LogP contribution in [0.4, 0.5) is 0 Å². The van der Waals surface area contributed by atoms with Gasteiger partial charge in [0.2, 0.25) is 0 Å². The molecule has 1 aromatic heterocycles. The Morgan fingerprint density at radius 3 is 2.50 bits per heavy atom. The van der Waals surface area contributed by atoms with Gasteiger partial charge in [0.15, 0.2) is 0 Å². The van der Waals surface area contributed by atoms with Gasteiger partial charge >= 0.3 is 5.63 Å². The molecule has 20 heavy (non-hydrogen) atoms. The Morgan fingerprint density at radius 2 is 1.70 bits per heavy atom. The van der Waals surface area contributed by atoms with E-state index in [0.29, 0.717) is 21.3 Å². The van der Waals surface area contributed by atoms with E-state index in [2.05, 4.69) is 0 Å². The van der Waals surface area contributed by atoms with Crippen molar-refractivity contribution in [2.45, 2.75) is 10.6 Å². The molecule has 0 spiro atoms. The summed E-state index contributed by atoms with van der Waals surface area (Å²) in [6, 6.07) is 17.2. The minimum Gasteiger partial charge on any atom is -0.422 e. The number of thioether (sulfide) groups is 1. The average Bonchev–Trinajstić information content (AvgIpc) is 2.48. The topological polar surface area (TPSA) is 30.2 Å². The summed E-state index contributed by atoms with van der Waals surface area (Å²) in [6.45, 7) is 0. The maximum atomic E-state index is 12.0. The molecule has 0 radical (unpaired) electrons. The van der Waals surface area contributed by atoms with Crippen LogP contribution in [0.15, 0.2) is 68.7 Å². The fourth-order valence-electron chi connectivity index (χ4n) is 1.95. The van der Waals surface area contributed by atoms with Crippen LogP contribution in [0, 0.1) is 0 Å². The average molecular weight is 303 g/mol. The monoisotopic (exact) mass is 302 g/mol. The molecule has 0 saturated carbocycles. The van der Waals surface area contributed by atoms with Gasteiger partial charge in [-0.1, -0.05) is 54.1 Å². The molecule has 0 aliphatic heterocycles. The van der Waals surface area contributed by atoms with Crippen LogP contribution in [0.25, 0.3) is 11.0 Å². The minimum atomic E-state index is -0.380. The van der Waals surface area contributed by atoms with Gasteiger partial charge in [-0.25, -0.2) is 4.79 Å². The summed E-state index contributed by atoms with van der Waals surface area (Å²) < 4.78 is 5.30. The quantitative estimate of drug-likeness (QED) is 0.517. The van der Waals surface area contributed by atoms with Crippen molar-refractivity contribution in [3.63, 3.8) is 0 Å². The Hall–Kier alpha value is -1.71. The molecule has 0 atom stereocenters. The van der Waals surface area contributed by atoms with Gasteiger partial charge in [-0.15, -0.1) is 11.8 Å². The fourth-order valence-corrected chi connectivity index (χ4v) is 3.24. The third-order valence-corrected chi connectivity index (χ3v) is 4.58. The molecule has 0 amide bonds. The third-order valence-electron chi connectivity index (χ3n) is 2.94. The molecule has 0 N–H and O–H groups in total. The third kappa shape index (κ3) is 2.60. The summed E-state index contributed by atoms with van der Waals surface area (Å²) in [6.07, 6.45) is 0. The first-order chi connectivity index (χ1) is 9.75. The normalized spacial score (nSPS) is 10.8.